The van der Waals surface area contributed by atoms with Crippen LogP contribution in [0, 0.1) is 5.82 Å². The van der Waals surface area contributed by atoms with Crippen LogP contribution < -0.4 is 5.32 Å². The maximum absolute atomic E-state index is 13.1. The van der Waals surface area contributed by atoms with Gasteiger partial charge in [-0.25, -0.2) is 4.39 Å². The fourth-order valence-electron chi connectivity index (χ4n) is 3.58. The minimum Gasteiger partial charge on any atom is -0.368 e. The highest BCUT2D eigenvalue weighted by Crippen LogP contribution is 2.40. The third kappa shape index (κ3) is 3.10. The molecule has 2 fully saturated rings. The molecule has 3 rings (SSSR count). The van der Waals surface area contributed by atoms with Gasteiger partial charge in [0.05, 0.1) is 0 Å². The summed E-state index contributed by atoms with van der Waals surface area (Å²) in [4.78, 5) is 12.1. The SMILES string of the molecule is O=C(NCC1(c2ccc(F)cc2)CCCC1)[C@H]1CCCO1. The number of halogens is 1. The fraction of sp³-hybridized carbons (Fsp3) is 0.588. The van der Waals surface area contributed by atoms with E-state index in [-0.39, 0.29) is 23.2 Å². The van der Waals surface area contributed by atoms with Crippen LogP contribution in [0.15, 0.2) is 24.3 Å². The number of rotatable bonds is 4. The second-order valence-electron chi connectivity index (χ2n) is 6.21. The molecule has 21 heavy (non-hydrogen) atoms. The molecule has 1 aromatic rings. The number of carbonyl (C=O) groups is 1. The summed E-state index contributed by atoms with van der Waals surface area (Å²) < 4.78 is 18.6. The van der Waals surface area contributed by atoms with Crippen LogP contribution in [-0.2, 0) is 14.9 Å². The predicted octanol–water partition coefficient (Wildman–Crippen LogP) is 2.93. The van der Waals surface area contributed by atoms with E-state index < -0.39 is 0 Å². The molecule has 1 heterocycles. The standard InChI is InChI=1S/C17H22FNO2/c18-14-7-5-13(6-8-14)17(9-1-2-10-17)12-19-16(20)15-4-3-11-21-15/h5-8,15H,1-4,9-12H2,(H,19,20)/t15-/m1/s1. The monoisotopic (exact) mass is 291 g/mol. The van der Waals surface area contributed by atoms with Gasteiger partial charge in [-0.15, -0.1) is 0 Å². The maximum atomic E-state index is 13.1. The van der Waals surface area contributed by atoms with E-state index >= 15 is 0 Å². The van der Waals surface area contributed by atoms with Crippen LogP contribution in [0.2, 0.25) is 0 Å². The first kappa shape index (κ1) is 14.5. The number of amides is 1. The van der Waals surface area contributed by atoms with E-state index in [1.165, 1.54) is 12.1 Å². The Morgan fingerprint density at radius 2 is 1.95 bits per heavy atom. The Bertz CT molecular complexity index is 488. The quantitative estimate of drug-likeness (QED) is 0.926. The smallest absolute Gasteiger partial charge is 0.249 e. The van der Waals surface area contributed by atoms with Crippen molar-refractivity contribution in [2.75, 3.05) is 13.2 Å². The summed E-state index contributed by atoms with van der Waals surface area (Å²) in [6, 6.07) is 6.74. The fourth-order valence-corrected chi connectivity index (χ4v) is 3.58. The highest BCUT2D eigenvalue weighted by molar-refractivity contribution is 5.81. The Morgan fingerprint density at radius 1 is 1.24 bits per heavy atom. The molecule has 1 saturated carbocycles. The van der Waals surface area contributed by atoms with E-state index in [9.17, 15) is 9.18 Å². The van der Waals surface area contributed by atoms with Crippen LogP contribution in [0.4, 0.5) is 4.39 Å². The van der Waals surface area contributed by atoms with Crippen LogP contribution in [0.3, 0.4) is 0 Å². The summed E-state index contributed by atoms with van der Waals surface area (Å²) in [5, 5.41) is 3.06. The van der Waals surface area contributed by atoms with Crippen molar-refractivity contribution in [2.24, 2.45) is 0 Å². The van der Waals surface area contributed by atoms with Gasteiger partial charge in [0, 0.05) is 18.6 Å². The van der Waals surface area contributed by atoms with Gasteiger partial charge in [0.25, 0.3) is 0 Å². The first-order valence-electron chi connectivity index (χ1n) is 7.85. The average molecular weight is 291 g/mol. The molecule has 1 N–H and O–H groups in total. The van der Waals surface area contributed by atoms with Gasteiger partial charge in [-0.1, -0.05) is 25.0 Å². The van der Waals surface area contributed by atoms with E-state index in [0.717, 1.165) is 44.1 Å². The lowest BCUT2D eigenvalue weighted by Gasteiger charge is -2.30. The van der Waals surface area contributed by atoms with E-state index in [2.05, 4.69) is 5.32 Å². The lowest BCUT2D eigenvalue weighted by Crippen LogP contribution is -2.43. The molecule has 0 spiro atoms. The Labute approximate surface area is 124 Å². The van der Waals surface area contributed by atoms with Gasteiger partial charge >= 0.3 is 0 Å². The number of carbonyl (C=O) groups excluding carboxylic acids is 1. The zero-order valence-electron chi connectivity index (χ0n) is 12.2. The molecular weight excluding hydrogens is 269 g/mol. The van der Waals surface area contributed by atoms with Gasteiger partial charge in [0.1, 0.15) is 11.9 Å². The van der Waals surface area contributed by atoms with Crippen molar-refractivity contribution in [3.63, 3.8) is 0 Å². The predicted molar refractivity (Wildman–Crippen MR) is 78.5 cm³/mol. The normalized spacial score (nSPS) is 24.1. The van der Waals surface area contributed by atoms with Crippen LogP contribution in [0.5, 0.6) is 0 Å². The molecular formula is C17H22FNO2. The number of ether oxygens (including phenoxy) is 1. The van der Waals surface area contributed by atoms with Crippen molar-refractivity contribution in [3.8, 4) is 0 Å². The van der Waals surface area contributed by atoms with Gasteiger partial charge in [0.15, 0.2) is 0 Å². The summed E-state index contributed by atoms with van der Waals surface area (Å²) in [7, 11) is 0. The summed E-state index contributed by atoms with van der Waals surface area (Å²) in [6.45, 7) is 1.30. The molecule has 1 saturated heterocycles. The molecule has 1 aliphatic carbocycles. The second kappa shape index (κ2) is 6.14. The minimum atomic E-state index is -0.281. The zero-order chi connectivity index (χ0) is 14.7. The lowest BCUT2D eigenvalue weighted by atomic mass is 9.78. The Kier molecular flexibility index (Phi) is 4.24. The van der Waals surface area contributed by atoms with E-state index in [4.69, 9.17) is 4.74 Å². The lowest BCUT2D eigenvalue weighted by molar-refractivity contribution is -0.130. The molecule has 2 aliphatic rings. The Hall–Kier alpha value is -1.42. The second-order valence-corrected chi connectivity index (χ2v) is 6.21. The van der Waals surface area contributed by atoms with Crippen LogP contribution in [0.25, 0.3) is 0 Å². The van der Waals surface area contributed by atoms with Crippen molar-refractivity contribution in [2.45, 2.75) is 50.0 Å². The van der Waals surface area contributed by atoms with Crippen molar-refractivity contribution >= 4 is 5.91 Å². The first-order valence-corrected chi connectivity index (χ1v) is 7.85. The summed E-state index contributed by atoms with van der Waals surface area (Å²) in [5.74, 6) is -0.212. The molecule has 0 aromatic heterocycles. The third-order valence-electron chi connectivity index (χ3n) is 4.84. The largest absolute Gasteiger partial charge is 0.368 e. The molecule has 0 radical (unpaired) electrons. The Balaban J connectivity index is 1.69. The highest BCUT2D eigenvalue weighted by Gasteiger charge is 2.36. The van der Waals surface area contributed by atoms with Crippen LogP contribution in [-0.4, -0.2) is 25.2 Å². The van der Waals surface area contributed by atoms with Crippen LogP contribution in [0.1, 0.15) is 44.1 Å². The average Bonchev–Trinajstić information content (AvgIpc) is 3.18. The van der Waals surface area contributed by atoms with Crippen molar-refractivity contribution in [3.05, 3.63) is 35.6 Å². The van der Waals surface area contributed by atoms with Crippen molar-refractivity contribution in [1.82, 2.24) is 5.32 Å². The number of hydrogen-bond donors (Lipinski definition) is 1. The molecule has 1 aromatic carbocycles. The summed E-state index contributed by atoms with van der Waals surface area (Å²) in [5.41, 5.74) is 1.09. The molecule has 4 heteroatoms. The Morgan fingerprint density at radius 3 is 2.57 bits per heavy atom. The third-order valence-corrected chi connectivity index (χ3v) is 4.84. The first-order chi connectivity index (χ1) is 10.2. The van der Waals surface area contributed by atoms with Gasteiger partial charge in [0.2, 0.25) is 5.91 Å². The van der Waals surface area contributed by atoms with E-state index in [1.54, 1.807) is 0 Å². The highest BCUT2D eigenvalue weighted by atomic mass is 19.1. The number of hydrogen-bond acceptors (Lipinski definition) is 2. The van der Waals surface area contributed by atoms with Gasteiger partial charge in [-0.05, 0) is 43.4 Å². The topological polar surface area (TPSA) is 38.3 Å². The van der Waals surface area contributed by atoms with Crippen LogP contribution >= 0.6 is 0 Å². The molecule has 1 atom stereocenters. The van der Waals surface area contributed by atoms with Gasteiger partial charge in [-0.3, -0.25) is 4.79 Å². The number of nitrogens with one attached hydrogen (secondary N) is 1. The molecule has 1 amide bonds. The van der Waals surface area contributed by atoms with Gasteiger partial charge < -0.3 is 10.1 Å². The molecule has 1 aliphatic heterocycles. The summed E-state index contributed by atoms with van der Waals surface area (Å²) >= 11 is 0. The van der Waals surface area contributed by atoms with Gasteiger partial charge in [-0.2, -0.15) is 0 Å². The molecule has 114 valence electrons. The van der Waals surface area contributed by atoms with Crippen molar-refractivity contribution < 1.29 is 13.9 Å². The zero-order valence-corrected chi connectivity index (χ0v) is 12.2. The minimum absolute atomic E-state index is 0.000821. The molecule has 0 bridgehead atoms. The summed E-state index contributed by atoms with van der Waals surface area (Å²) in [6.07, 6.45) is 5.91. The van der Waals surface area contributed by atoms with E-state index in [1.807, 2.05) is 12.1 Å². The molecule has 0 unspecified atom stereocenters. The molecule has 3 nitrogen and oxygen atoms in total. The maximum Gasteiger partial charge on any atom is 0.249 e. The van der Waals surface area contributed by atoms with Crippen molar-refractivity contribution in [1.29, 1.82) is 0 Å². The van der Waals surface area contributed by atoms with E-state index in [0.29, 0.717) is 13.2 Å². The number of benzene rings is 1.